The topological polar surface area (TPSA) is 80.4 Å². The number of carbonyl (C=O) groups excluding carboxylic acids is 2. The van der Waals surface area contributed by atoms with Crippen LogP contribution in [-0.2, 0) is 17.8 Å². The van der Waals surface area contributed by atoms with Gasteiger partial charge in [0.1, 0.15) is 12.4 Å². The van der Waals surface area contributed by atoms with Crippen LogP contribution in [0, 0.1) is 0 Å². The second kappa shape index (κ2) is 9.21. The number of benzene rings is 1. The van der Waals surface area contributed by atoms with Gasteiger partial charge in [-0.1, -0.05) is 12.1 Å². The standard InChI is InChI=1S/C21H26N4O3/c1-3-24(4-2)20(26)15-25-17-10-6-5-9-16(17)23-19(25)12-7-13-22-21(27)18-11-8-14-28-18/h5-6,8-11,14H,3-4,7,12-13,15H2,1-2H3,(H,22,27). The minimum Gasteiger partial charge on any atom is -0.459 e. The zero-order valence-corrected chi connectivity index (χ0v) is 16.4. The van der Waals surface area contributed by atoms with Crippen molar-refractivity contribution in [1.82, 2.24) is 19.8 Å². The first kappa shape index (κ1) is 19.7. The number of nitrogens with zero attached hydrogens (tertiary/aromatic N) is 3. The number of furan rings is 1. The summed E-state index contributed by atoms with van der Waals surface area (Å²) in [7, 11) is 0. The van der Waals surface area contributed by atoms with Crippen LogP contribution in [0.15, 0.2) is 47.1 Å². The number of amides is 2. The lowest BCUT2D eigenvalue weighted by molar-refractivity contribution is -0.131. The first-order chi connectivity index (χ1) is 13.6. The summed E-state index contributed by atoms with van der Waals surface area (Å²) in [6.07, 6.45) is 2.86. The number of carbonyl (C=O) groups is 2. The Labute approximate surface area is 164 Å². The van der Waals surface area contributed by atoms with Crippen molar-refractivity contribution in [1.29, 1.82) is 0 Å². The Balaban J connectivity index is 1.68. The molecule has 2 amide bonds. The molecule has 0 aliphatic carbocycles. The van der Waals surface area contributed by atoms with Crippen LogP contribution in [0.2, 0.25) is 0 Å². The second-order valence-electron chi connectivity index (χ2n) is 6.51. The fourth-order valence-electron chi connectivity index (χ4n) is 3.25. The van der Waals surface area contributed by atoms with E-state index < -0.39 is 0 Å². The zero-order chi connectivity index (χ0) is 19.9. The van der Waals surface area contributed by atoms with Crippen molar-refractivity contribution in [3.05, 3.63) is 54.2 Å². The highest BCUT2D eigenvalue weighted by atomic mass is 16.3. The van der Waals surface area contributed by atoms with E-state index in [9.17, 15) is 9.59 Å². The summed E-state index contributed by atoms with van der Waals surface area (Å²) in [6, 6.07) is 11.2. The smallest absolute Gasteiger partial charge is 0.286 e. The third-order valence-corrected chi connectivity index (χ3v) is 4.75. The van der Waals surface area contributed by atoms with Crippen LogP contribution in [-0.4, -0.2) is 45.9 Å². The van der Waals surface area contributed by atoms with Crippen molar-refractivity contribution in [3.8, 4) is 0 Å². The molecule has 0 atom stereocenters. The van der Waals surface area contributed by atoms with Crippen LogP contribution in [0.25, 0.3) is 11.0 Å². The van der Waals surface area contributed by atoms with E-state index in [4.69, 9.17) is 9.40 Å². The van der Waals surface area contributed by atoms with E-state index in [1.165, 1.54) is 6.26 Å². The Morgan fingerprint density at radius 1 is 1.14 bits per heavy atom. The lowest BCUT2D eigenvalue weighted by Gasteiger charge is -2.20. The number of rotatable bonds is 9. The van der Waals surface area contributed by atoms with E-state index >= 15 is 0 Å². The molecular weight excluding hydrogens is 356 g/mol. The number of hydrogen-bond donors (Lipinski definition) is 1. The maximum Gasteiger partial charge on any atom is 0.286 e. The molecule has 0 saturated heterocycles. The molecule has 0 bridgehead atoms. The number of likely N-dealkylation sites (N-methyl/N-ethyl adjacent to an activating group) is 1. The van der Waals surface area contributed by atoms with Gasteiger partial charge in [-0.15, -0.1) is 0 Å². The quantitative estimate of drug-likeness (QED) is 0.577. The summed E-state index contributed by atoms with van der Waals surface area (Å²) in [5.74, 6) is 1.02. The van der Waals surface area contributed by atoms with Gasteiger partial charge in [-0.25, -0.2) is 4.98 Å². The molecule has 0 spiro atoms. The van der Waals surface area contributed by atoms with Crippen LogP contribution < -0.4 is 5.32 Å². The number of hydrogen-bond acceptors (Lipinski definition) is 4. The van der Waals surface area contributed by atoms with Gasteiger partial charge < -0.3 is 19.2 Å². The lowest BCUT2D eigenvalue weighted by Crippen LogP contribution is -2.33. The van der Waals surface area contributed by atoms with Gasteiger partial charge in [0.15, 0.2) is 5.76 Å². The van der Waals surface area contributed by atoms with E-state index in [1.807, 2.05) is 47.6 Å². The number of nitrogens with one attached hydrogen (secondary N) is 1. The molecule has 0 aliphatic rings. The van der Waals surface area contributed by atoms with Crippen molar-refractivity contribution >= 4 is 22.8 Å². The Bertz CT molecular complexity index is 926. The highest BCUT2D eigenvalue weighted by molar-refractivity contribution is 5.91. The third-order valence-electron chi connectivity index (χ3n) is 4.75. The average molecular weight is 382 g/mol. The molecule has 7 nitrogen and oxygen atoms in total. The van der Waals surface area contributed by atoms with E-state index in [0.717, 1.165) is 23.3 Å². The van der Waals surface area contributed by atoms with Crippen LogP contribution in [0.5, 0.6) is 0 Å². The molecule has 2 heterocycles. The molecule has 2 aromatic heterocycles. The summed E-state index contributed by atoms with van der Waals surface area (Å²) < 4.78 is 7.08. The minimum absolute atomic E-state index is 0.0838. The van der Waals surface area contributed by atoms with Gasteiger partial charge in [-0.05, 0) is 44.5 Å². The molecule has 0 radical (unpaired) electrons. The molecule has 0 aliphatic heterocycles. The number of aryl methyl sites for hydroxylation is 1. The molecule has 28 heavy (non-hydrogen) atoms. The summed E-state index contributed by atoms with van der Waals surface area (Å²) >= 11 is 0. The predicted molar refractivity (Wildman–Crippen MR) is 107 cm³/mol. The van der Waals surface area contributed by atoms with Crippen molar-refractivity contribution in [2.45, 2.75) is 33.2 Å². The SMILES string of the molecule is CCN(CC)C(=O)Cn1c(CCCNC(=O)c2ccco2)nc2ccccc21. The normalized spacial score (nSPS) is 10.9. The maximum absolute atomic E-state index is 12.6. The fraction of sp³-hybridized carbons (Fsp3) is 0.381. The van der Waals surface area contributed by atoms with E-state index in [-0.39, 0.29) is 18.4 Å². The number of aromatic nitrogens is 2. The van der Waals surface area contributed by atoms with Crippen molar-refractivity contribution in [2.24, 2.45) is 0 Å². The van der Waals surface area contributed by atoms with Crippen LogP contribution >= 0.6 is 0 Å². The van der Waals surface area contributed by atoms with Crippen molar-refractivity contribution < 1.29 is 14.0 Å². The van der Waals surface area contributed by atoms with Gasteiger partial charge in [-0.3, -0.25) is 9.59 Å². The van der Waals surface area contributed by atoms with E-state index in [2.05, 4.69) is 5.32 Å². The van der Waals surface area contributed by atoms with Crippen molar-refractivity contribution in [2.75, 3.05) is 19.6 Å². The van der Waals surface area contributed by atoms with Crippen LogP contribution in [0.1, 0.15) is 36.6 Å². The van der Waals surface area contributed by atoms with Crippen molar-refractivity contribution in [3.63, 3.8) is 0 Å². The van der Waals surface area contributed by atoms with Gasteiger partial charge in [-0.2, -0.15) is 0 Å². The van der Waals surface area contributed by atoms with Gasteiger partial charge in [0.2, 0.25) is 5.91 Å². The first-order valence-electron chi connectivity index (χ1n) is 9.67. The second-order valence-corrected chi connectivity index (χ2v) is 6.51. The molecule has 3 rings (SSSR count). The number of para-hydroxylation sites is 2. The summed E-state index contributed by atoms with van der Waals surface area (Å²) in [5, 5.41) is 2.84. The van der Waals surface area contributed by atoms with Gasteiger partial charge in [0.25, 0.3) is 5.91 Å². The van der Waals surface area contributed by atoms with Gasteiger partial charge in [0.05, 0.1) is 17.3 Å². The van der Waals surface area contributed by atoms with Crippen LogP contribution in [0.3, 0.4) is 0 Å². The summed E-state index contributed by atoms with van der Waals surface area (Å²) in [5.41, 5.74) is 1.84. The average Bonchev–Trinajstić information content (AvgIpc) is 3.35. The van der Waals surface area contributed by atoms with Gasteiger partial charge in [0, 0.05) is 26.1 Å². The lowest BCUT2D eigenvalue weighted by atomic mass is 10.2. The Morgan fingerprint density at radius 3 is 2.64 bits per heavy atom. The van der Waals surface area contributed by atoms with Crippen LogP contribution in [0.4, 0.5) is 0 Å². The zero-order valence-electron chi connectivity index (χ0n) is 16.4. The molecule has 0 fully saturated rings. The molecule has 3 aromatic rings. The Kier molecular flexibility index (Phi) is 6.47. The fourth-order valence-corrected chi connectivity index (χ4v) is 3.25. The molecule has 0 saturated carbocycles. The third kappa shape index (κ3) is 4.42. The van der Waals surface area contributed by atoms with E-state index in [1.54, 1.807) is 12.1 Å². The molecule has 148 valence electrons. The Hall–Kier alpha value is -3.09. The first-order valence-corrected chi connectivity index (χ1v) is 9.67. The molecular formula is C21H26N4O3. The largest absolute Gasteiger partial charge is 0.459 e. The highest BCUT2D eigenvalue weighted by Gasteiger charge is 2.16. The molecule has 1 aromatic carbocycles. The molecule has 0 unspecified atom stereocenters. The summed E-state index contributed by atoms with van der Waals surface area (Å²) in [4.78, 5) is 31.1. The molecule has 7 heteroatoms. The summed E-state index contributed by atoms with van der Waals surface area (Å²) in [6.45, 7) is 6.13. The highest BCUT2D eigenvalue weighted by Crippen LogP contribution is 2.17. The monoisotopic (exact) mass is 382 g/mol. The minimum atomic E-state index is -0.227. The Morgan fingerprint density at radius 2 is 1.93 bits per heavy atom. The predicted octanol–water partition coefficient (Wildman–Crippen LogP) is 2.86. The van der Waals surface area contributed by atoms with Gasteiger partial charge >= 0.3 is 0 Å². The maximum atomic E-state index is 12.6. The van der Waals surface area contributed by atoms with E-state index in [0.29, 0.717) is 31.8 Å². The molecule has 1 N–H and O–H groups in total. The number of fused-ring (bicyclic) bond motifs is 1. The number of imidazole rings is 1.